The van der Waals surface area contributed by atoms with Crippen molar-refractivity contribution in [3.63, 3.8) is 0 Å². The second kappa shape index (κ2) is 12.9. The van der Waals surface area contributed by atoms with Crippen molar-refractivity contribution >= 4 is 39.6 Å². The molecule has 0 radical (unpaired) electrons. The standard InChI is InChI=1S/C31H34F3N9O3/c1-2-12-42(29(46)31(32,33)34)22-13-23(26(45)25(22)44)43-17-39-24-27(37-14-19-8-5-7-18-6-3-4-9-21(18)19)40-30(41-28(24)43)36-11-10-20-15-35-16-38-20/h3-9,15-17,22-23,25-26,44-45H,2,10-14H2,1H3,(H,35,38)(H2,36,37,40,41)/t22-,23+,25+,26-/m0/s1. The number of benzene rings is 2. The molecule has 3 heterocycles. The lowest BCUT2D eigenvalue weighted by Crippen LogP contribution is -2.51. The van der Waals surface area contributed by atoms with Gasteiger partial charge in [-0.3, -0.25) is 4.79 Å². The number of anilines is 2. The normalized spacial score (nSPS) is 20.0. The average Bonchev–Trinajstić information content (AvgIpc) is 3.78. The summed E-state index contributed by atoms with van der Waals surface area (Å²) in [7, 11) is 0. The zero-order valence-electron chi connectivity index (χ0n) is 24.9. The Balaban J connectivity index is 1.33. The monoisotopic (exact) mass is 637 g/mol. The zero-order chi connectivity index (χ0) is 32.4. The molecule has 5 aromatic rings. The number of carbonyl (C=O) groups is 1. The first-order chi connectivity index (χ1) is 22.2. The van der Waals surface area contributed by atoms with Gasteiger partial charge >= 0.3 is 12.1 Å². The van der Waals surface area contributed by atoms with Gasteiger partial charge < -0.3 is 35.3 Å². The minimum absolute atomic E-state index is 0.138. The van der Waals surface area contributed by atoms with Gasteiger partial charge in [-0.05, 0) is 29.2 Å². The van der Waals surface area contributed by atoms with Crippen molar-refractivity contribution < 1.29 is 28.2 Å². The largest absolute Gasteiger partial charge is 0.471 e. The molecule has 242 valence electrons. The molecular weight excluding hydrogens is 603 g/mol. The summed E-state index contributed by atoms with van der Waals surface area (Å²) < 4.78 is 41.9. The van der Waals surface area contributed by atoms with Crippen molar-refractivity contribution in [2.24, 2.45) is 0 Å². The maximum atomic E-state index is 13.5. The number of nitrogens with one attached hydrogen (secondary N) is 3. The van der Waals surface area contributed by atoms with Crippen LogP contribution in [0, 0.1) is 0 Å². The highest BCUT2D eigenvalue weighted by Crippen LogP contribution is 2.38. The number of aromatic nitrogens is 6. The maximum absolute atomic E-state index is 13.5. The van der Waals surface area contributed by atoms with Gasteiger partial charge in [0.1, 0.15) is 12.2 Å². The van der Waals surface area contributed by atoms with Crippen LogP contribution < -0.4 is 10.6 Å². The fourth-order valence-corrected chi connectivity index (χ4v) is 6.11. The van der Waals surface area contributed by atoms with Crippen molar-refractivity contribution in [1.82, 2.24) is 34.4 Å². The number of halogens is 3. The minimum atomic E-state index is -5.12. The highest BCUT2D eigenvalue weighted by atomic mass is 19.4. The fourth-order valence-electron chi connectivity index (χ4n) is 6.11. The molecule has 0 bridgehead atoms. The number of imidazole rings is 2. The Morgan fingerprint density at radius 1 is 1.11 bits per heavy atom. The number of H-pyrrole nitrogens is 1. The van der Waals surface area contributed by atoms with Crippen LogP contribution in [0.3, 0.4) is 0 Å². The molecule has 1 amide bonds. The quantitative estimate of drug-likeness (QED) is 0.145. The lowest BCUT2D eigenvalue weighted by molar-refractivity contribution is -0.190. The van der Waals surface area contributed by atoms with E-state index in [1.807, 2.05) is 42.5 Å². The Morgan fingerprint density at radius 3 is 2.67 bits per heavy atom. The Morgan fingerprint density at radius 2 is 1.91 bits per heavy atom. The molecule has 1 aliphatic rings. The van der Waals surface area contributed by atoms with E-state index in [1.165, 1.54) is 10.9 Å². The second-order valence-corrected chi connectivity index (χ2v) is 11.3. The summed E-state index contributed by atoms with van der Waals surface area (Å²) in [4.78, 5) is 33.8. The molecule has 12 nitrogen and oxygen atoms in total. The number of amides is 1. The van der Waals surface area contributed by atoms with E-state index in [4.69, 9.17) is 0 Å². The number of aliphatic hydroxyl groups excluding tert-OH is 2. The summed E-state index contributed by atoms with van der Waals surface area (Å²) in [5.74, 6) is -1.38. The Bertz CT molecular complexity index is 1810. The number of nitrogens with zero attached hydrogens (tertiary/aromatic N) is 6. The summed E-state index contributed by atoms with van der Waals surface area (Å²) >= 11 is 0. The fraction of sp³-hybridized carbons (Fsp3) is 0.387. The van der Waals surface area contributed by atoms with Gasteiger partial charge in [0.2, 0.25) is 5.95 Å². The van der Waals surface area contributed by atoms with Crippen LogP contribution in [0.5, 0.6) is 0 Å². The van der Waals surface area contributed by atoms with Crippen LogP contribution >= 0.6 is 0 Å². The zero-order valence-corrected chi connectivity index (χ0v) is 24.9. The van der Waals surface area contributed by atoms with Crippen LogP contribution in [0.2, 0.25) is 0 Å². The molecule has 6 rings (SSSR count). The number of rotatable bonds is 11. The number of hydrogen-bond donors (Lipinski definition) is 5. The summed E-state index contributed by atoms with van der Waals surface area (Å²) in [5.41, 5.74) is 2.62. The predicted molar refractivity (Wildman–Crippen MR) is 165 cm³/mol. The third kappa shape index (κ3) is 6.20. The van der Waals surface area contributed by atoms with Crippen LogP contribution in [-0.2, 0) is 17.8 Å². The van der Waals surface area contributed by atoms with Gasteiger partial charge in [0, 0.05) is 37.9 Å². The highest BCUT2D eigenvalue weighted by Gasteiger charge is 2.51. The SMILES string of the molecule is CCCN(C(=O)C(F)(F)F)[C@H]1C[C@@H](n2cnc3c(NCc4cccc5ccccc45)nc(NCCc4cnc[nH]4)nc32)[C@H](O)[C@@H]1O. The molecule has 15 heteroatoms. The van der Waals surface area contributed by atoms with E-state index < -0.39 is 36.4 Å². The van der Waals surface area contributed by atoms with Gasteiger partial charge in [0.15, 0.2) is 17.0 Å². The average molecular weight is 638 g/mol. The first-order valence-electron chi connectivity index (χ1n) is 15.1. The first kappa shape index (κ1) is 31.2. The van der Waals surface area contributed by atoms with E-state index in [-0.39, 0.29) is 25.3 Å². The number of carbonyl (C=O) groups excluding carboxylic acids is 1. The molecule has 0 saturated heterocycles. The third-order valence-electron chi connectivity index (χ3n) is 8.33. The molecule has 1 aliphatic carbocycles. The molecule has 5 N–H and O–H groups in total. The van der Waals surface area contributed by atoms with E-state index in [9.17, 15) is 28.2 Å². The number of aliphatic hydroxyl groups is 2. The molecule has 0 aliphatic heterocycles. The number of alkyl halides is 3. The summed E-state index contributed by atoms with van der Waals surface area (Å²) in [5, 5.41) is 30.7. The maximum Gasteiger partial charge on any atom is 0.471 e. The van der Waals surface area contributed by atoms with Gasteiger partial charge in [-0.1, -0.05) is 49.4 Å². The van der Waals surface area contributed by atoms with E-state index in [1.54, 1.807) is 19.4 Å². The van der Waals surface area contributed by atoms with E-state index >= 15 is 0 Å². The van der Waals surface area contributed by atoms with E-state index in [0.29, 0.717) is 41.4 Å². The third-order valence-corrected chi connectivity index (χ3v) is 8.33. The Labute approximate surface area is 261 Å². The van der Waals surface area contributed by atoms with Gasteiger partial charge in [-0.25, -0.2) is 9.97 Å². The molecule has 3 aromatic heterocycles. The van der Waals surface area contributed by atoms with Crippen molar-refractivity contribution in [2.45, 2.75) is 63.2 Å². The van der Waals surface area contributed by atoms with Crippen LogP contribution in [0.15, 0.2) is 61.3 Å². The minimum Gasteiger partial charge on any atom is -0.388 e. The van der Waals surface area contributed by atoms with Crippen LogP contribution in [0.1, 0.15) is 37.1 Å². The number of aromatic amines is 1. The highest BCUT2D eigenvalue weighted by molar-refractivity contribution is 5.87. The van der Waals surface area contributed by atoms with Crippen molar-refractivity contribution in [1.29, 1.82) is 0 Å². The summed E-state index contributed by atoms with van der Waals surface area (Å²) in [6, 6.07) is 11.9. The molecule has 0 unspecified atom stereocenters. The Hall–Kier alpha value is -4.76. The molecule has 1 saturated carbocycles. The van der Waals surface area contributed by atoms with Crippen LogP contribution in [-0.4, -0.2) is 88.0 Å². The van der Waals surface area contributed by atoms with E-state index in [0.717, 1.165) is 22.0 Å². The van der Waals surface area contributed by atoms with Crippen molar-refractivity contribution in [3.05, 3.63) is 72.6 Å². The van der Waals surface area contributed by atoms with Crippen molar-refractivity contribution in [3.8, 4) is 0 Å². The van der Waals surface area contributed by atoms with E-state index in [2.05, 4.69) is 35.6 Å². The van der Waals surface area contributed by atoms with Gasteiger partial charge in [0.25, 0.3) is 0 Å². The smallest absolute Gasteiger partial charge is 0.388 e. The molecule has 46 heavy (non-hydrogen) atoms. The summed E-state index contributed by atoms with van der Waals surface area (Å²) in [6.07, 6.45) is -2.77. The second-order valence-electron chi connectivity index (χ2n) is 11.3. The summed E-state index contributed by atoms with van der Waals surface area (Å²) in [6.45, 7) is 2.29. The molecule has 1 fully saturated rings. The van der Waals surface area contributed by atoms with Gasteiger partial charge in [-0.2, -0.15) is 23.1 Å². The molecule has 2 aromatic carbocycles. The van der Waals surface area contributed by atoms with Gasteiger partial charge in [0.05, 0.1) is 24.7 Å². The Kier molecular flexibility index (Phi) is 8.77. The molecule has 4 atom stereocenters. The van der Waals surface area contributed by atoms with Crippen LogP contribution in [0.4, 0.5) is 24.9 Å². The number of fused-ring (bicyclic) bond motifs is 2. The first-order valence-corrected chi connectivity index (χ1v) is 15.1. The van der Waals surface area contributed by atoms with Crippen molar-refractivity contribution in [2.75, 3.05) is 23.7 Å². The number of hydrogen-bond acceptors (Lipinski definition) is 9. The van der Waals surface area contributed by atoms with Crippen LogP contribution in [0.25, 0.3) is 21.9 Å². The lowest BCUT2D eigenvalue weighted by atomic mass is 10.0. The molecule has 0 spiro atoms. The topological polar surface area (TPSA) is 157 Å². The molecular formula is C31H34F3N9O3. The van der Waals surface area contributed by atoms with Gasteiger partial charge in [-0.15, -0.1) is 0 Å². The lowest BCUT2D eigenvalue weighted by Gasteiger charge is -2.31. The predicted octanol–water partition coefficient (Wildman–Crippen LogP) is 3.81.